The largest absolute Gasteiger partial charge is 0.295 e. The molecule has 0 spiro atoms. The van der Waals surface area contributed by atoms with Crippen molar-refractivity contribution in [3.63, 3.8) is 0 Å². The van der Waals surface area contributed by atoms with E-state index in [1.165, 1.54) is 0 Å². The minimum absolute atomic E-state index is 0.0534. The number of allylic oxidation sites excluding steroid dienone is 7. The molecule has 0 amide bonds. The lowest BCUT2D eigenvalue weighted by molar-refractivity contribution is -0.113. The van der Waals surface area contributed by atoms with E-state index >= 15 is 0 Å². The third-order valence-electron chi connectivity index (χ3n) is 1.66. The number of ketones is 1. The zero-order valence-corrected chi connectivity index (χ0v) is 8.50. The topological polar surface area (TPSA) is 17.1 Å². The maximum atomic E-state index is 11.1. The van der Waals surface area contributed by atoms with Crippen molar-refractivity contribution in [2.45, 2.75) is 20.8 Å². The maximum Gasteiger partial charge on any atom is 0.160 e. The number of rotatable bonds is 4. The van der Waals surface area contributed by atoms with Gasteiger partial charge in [0.1, 0.15) is 0 Å². The number of hydrogen-bond acceptors (Lipinski definition) is 1. The third kappa shape index (κ3) is 4.26. The van der Waals surface area contributed by atoms with Crippen molar-refractivity contribution < 1.29 is 4.79 Å². The molecule has 0 aromatic heterocycles. The van der Waals surface area contributed by atoms with Crippen LogP contribution in [-0.4, -0.2) is 5.78 Å². The number of carbonyl (C=O) groups excluding carboxylic acids is 1. The fourth-order valence-electron chi connectivity index (χ4n) is 0.983. The van der Waals surface area contributed by atoms with Crippen LogP contribution in [0.25, 0.3) is 0 Å². The van der Waals surface area contributed by atoms with E-state index in [1.54, 1.807) is 13.0 Å². The lowest BCUT2D eigenvalue weighted by atomic mass is 10.1. The van der Waals surface area contributed by atoms with Crippen LogP contribution in [0.1, 0.15) is 20.8 Å². The molecule has 0 unspecified atom stereocenters. The van der Waals surface area contributed by atoms with Gasteiger partial charge in [-0.25, -0.2) is 0 Å². The van der Waals surface area contributed by atoms with Crippen LogP contribution in [0.3, 0.4) is 0 Å². The van der Waals surface area contributed by atoms with E-state index in [4.69, 9.17) is 0 Å². The van der Waals surface area contributed by atoms with E-state index in [0.29, 0.717) is 5.57 Å². The highest BCUT2D eigenvalue weighted by atomic mass is 16.1. The zero-order chi connectivity index (χ0) is 10.3. The average molecular weight is 176 g/mol. The maximum absolute atomic E-state index is 11.1. The van der Waals surface area contributed by atoms with Crippen LogP contribution in [0.4, 0.5) is 0 Å². The zero-order valence-electron chi connectivity index (χ0n) is 8.50. The molecule has 13 heavy (non-hydrogen) atoms. The second-order valence-corrected chi connectivity index (χ2v) is 2.74. The predicted octanol–water partition coefficient (Wildman–Crippen LogP) is 3.21. The van der Waals surface area contributed by atoms with Crippen LogP contribution < -0.4 is 0 Å². The van der Waals surface area contributed by atoms with E-state index in [9.17, 15) is 4.79 Å². The van der Waals surface area contributed by atoms with E-state index in [0.717, 1.165) is 5.57 Å². The van der Waals surface area contributed by atoms with Crippen LogP contribution in [0.5, 0.6) is 0 Å². The third-order valence-corrected chi connectivity index (χ3v) is 1.66. The van der Waals surface area contributed by atoms with Crippen molar-refractivity contribution in [3.8, 4) is 0 Å². The molecular formula is C12H16O. The summed E-state index contributed by atoms with van der Waals surface area (Å²) in [5.74, 6) is 0.0534. The lowest BCUT2D eigenvalue weighted by Crippen LogP contribution is -1.95. The Kier molecular flexibility index (Phi) is 5.53. The molecule has 0 saturated heterocycles. The first-order valence-corrected chi connectivity index (χ1v) is 4.27. The second-order valence-electron chi connectivity index (χ2n) is 2.74. The summed E-state index contributed by atoms with van der Waals surface area (Å²) in [6.45, 7) is 9.00. The summed E-state index contributed by atoms with van der Waals surface area (Å²) in [4.78, 5) is 11.1. The van der Waals surface area contributed by atoms with Crippen molar-refractivity contribution in [2.75, 3.05) is 0 Å². The molecule has 0 saturated carbocycles. The molecule has 0 radical (unpaired) electrons. The highest BCUT2D eigenvalue weighted by Gasteiger charge is 2.00. The summed E-state index contributed by atoms with van der Waals surface area (Å²) in [6, 6.07) is 0. The van der Waals surface area contributed by atoms with Crippen LogP contribution in [0, 0.1) is 0 Å². The van der Waals surface area contributed by atoms with Gasteiger partial charge in [0.15, 0.2) is 5.78 Å². The summed E-state index contributed by atoms with van der Waals surface area (Å²) in [5, 5.41) is 0. The van der Waals surface area contributed by atoms with Crippen molar-refractivity contribution in [1.29, 1.82) is 0 Å². The smallest absolute Gasteiger partial charge is 0.160 e. The molecule has 0 aliphatic heterocycles. The Hall–Kier alpha value is -1.37. The molecular weight excluding hydrogens is 160 g/mol. The summed E-state index contributed by atoms with van der Waals surface area (Å²) < 4.78 is 0. The van der Waals surface area contributed by atoms with Gasteiger partial charge < -0.3 is 0 Å². The van der Waals surface area contributed by atoms with Gasteiger partial charge in [-0.15, -0.1) is 0 Å². The molecule has 0 heterocycles. The fourth-order valence-corrected chi connectivity index (χ4v) is 0.983. The molecule has 0 bridgehead atoms. The van der Waals surface area contributed by atoms with Gasteiger partial charge in [-0.3, -0.25) is 4.79 Å². The first kappa shape index (κ1) is 11.6. The Morgan fingerprint density at radius 1 is 1.23 bits per heavy atom. The molecule has 0 aliphatic rings. The van der Waals surface area contributed by atoms with Gasteiger partial charge in [0, 0.05) is 5.57 Å². The van der Waals surface area contributed by atoms with E-state index in [1.807, 2.05) is 38.2 Å². The van der Waals surface area contributed by atoms with Gasteiger partial charge in [-0.1, -0.05) is 37.0 Å². The van der Waals surface area contributed by atoms with Crippen molar-refractivity contribution in [2.24, 2.45) is 0 Å². The van der Waals surface area contributed by atoms with Crippen LogP contribution in [0.2, 0.25) is 0 Å². The first-order chi connectivity index (χ1) is 6.13. The Morgan fingerprint density at radius 3 is 2.23 bits per heavy atom. The minimum atomic E-state index is 0.0534. The Labute approximate surface area is 80.2 Å². The van der Waals surface area contributed by atoms with Crippen molar-refractivity contribution >= 4 is 5.78 Å². The van der Waals surface area contributed by atoms with Gasteiger partial charge in [-0.2, -0.15) is 0 Å². The minimum Gasteiger partial charge on any atom is -0.295 e. The van der Waals surface area contributed by atoms with Crippen LogP contribution in [0.15, 0.2) is 48.1 Å². The summed E-state index contributed by atoms with van der Waals surface area (Å²) in [6.07, 6.45) is 9.26. The molecule has 0 fully saturated rings. The molecule has 70 valence electrons. The molecule has 0 aromatic carbocycles. The van der Waals surface area contributed by atoms with Gasteiger partial charge in [0.05, 0.1) is 0 Å². The molecule has 0 rings (SSSR count). The van der Waals surface area contributed by atoms with Gasteiger partial charge in [0.25, 0.3) is 0 Å². The highest BCUT2D eigenvalue weighted by Crippen LogP contribution is 2.07. The quantitative estimate of drug-likeness (QED) is 0.475. The van der Waals surface area contributed by atoms with Gasteiger partial charge in [-0.05, 0) is 26.3 Å². The standard InChI is InChI=1S/C12H16O/c1-5-7-8-9-10(3)12(6-2)11(4)13/h5-9H,2H2,1,3-4H3/b7-5-,9-8-,12-10-. The molecule has 1 nitrogen and oxygen atoms in total. The molecule has 0 N–H and O–H groups in total. The number of hydrogen-bond donors (Lipinski definition) is 0. The van der Waals surface area contributed by atoms with Gasteiger partial charge >= 0.3 is 0 Å². The predicted molar refractivity (Wildman–Crippen MR) is 57.5 cm³/mol. The monoisotopic (exact) mass is 176 g/mol. The lowest BCUT2D eigenvalue weighted by Gasteiger charge is -1.98. The number of Topliss-reactive ketones (excluding diaryl/α,β-unsaturated/α-hetero) is 1. The first-order valence-electron chi connectivity index (χ1n) is 4.27. The van der Waals surface area contributed by atoms with Gasteiger partial charge in [0.2, 0.25) is 0 Å². The van der Waals surface area contributed by atoms with E-state index in [-0.39, 0.29) is 5.78 Å². The molecule has 0 aliphatic carbocycles. The van der Waals surface area contributed by atoms with E-state index < -0.39 is 0 Å². The Balaban J connectivity index is 4.76. The molecule has 1 heteroatoms. The summed E-state index contributed by atoms with van der Waals surface area (Å²) in [7, 11) is 0. The summed E-state index contributed by atoms with van der Waals surface area (Å²) in [5.41, 5.74) is 1.63. The Bertz CT molecular complexity index is 277. The van der Waals surface area contributed by atoms with Crippen LogP contribution >= 0.6 is 0 Å². The molecule has 0 aromatic rings. The second kappa shape index (κ2) is 6.18. The average Bonchev–Trinajstić information content (AvgIpc) is 2.05. The van der Waals surface area contributed by atoms with Crippen LogP contribution in [-0.2, 0) is 4.79 Å². The van der Waals surface area contributed by atoms with Crippen molar-refractivity contribution in [1.82, 2.24) is 0 Å². The van der Waals surface area contributed by atoms with Crippen molar-refractivity contribution in [3.05, 3.63) is 48.1 Å². The molecule has 0 atom stereocenters. The fraction of sp³-hybridized carbons (Fsp3) is 0.250. The normalized spacial score (nSPS) is 13.5. The summed E-state index contributed by atoms with van der Waals surface area (Å²) >= 11 is 0. The SMILES string of the molecule is C=C/C(C(C)=O)=C(C)/C=C\C=C/C. The Morgan fingerprint density at radius 2 is 1.85 bits per heavy atom. The number of carbonyl (C=O) groups is 1. The van der Waals surface area contributed by atoms with E-state index in [2.05, 4.69) is 6.58 Å². The highest BCUT2D eigenvalue weighted by molar-refractivity contribution is 5.97.